The Kier molecular flexibility index (Phi) is 4.81. The summed E-state index contributed by atoms with van der Waals surface area (Å²) in [7, 11) is -3.56. The molecular weight excluding hydrogens is 288 g/mol. The lowest BCUT2D eigenvalue weighted by Gasteiger charge is -2.33. The molecule has 1 aliphatic heterocycles. The van der Waals surface area contributed by atoms with Crippen LogP contribution >= 0.6 is 0 Å². The molecule has 1 fully saturated rings. The fourth-order valence-corrected chi connectivity index (χ4v) is 4.23. The first kappa shape index (κ1) is 16.1. The highest BCUT2D eigenvalue weighted by molar-refractivity contribution is 7.89. The van der Waals surface area contributed by atoms with Crippen LogP contribution in [0.4, 0.5) is 0 Å². The van der Waals surface area contributed by atoms with Crippen LogP contribution in [-0.2, 0) is 10.0 Å². The molecule has 1 aromatic rings. The Balaban J connectivity index is 2.29. The van der Waals surface area contributed by atoms with E-state index in [0.717, 1.165) is 12.8 Å². The van der Waals surface area contributed by atoms with E-state index in [1.54, 1.807) is 12.1 Å². The molecular formula is C15H22N2O3S. The van der Waals surface area contributed by atoms with Crippen LogP contribution in [0.2, 0.25) is 0 Å². The first-order chi connectivity index (χ1) is 9.82. The molecule has 2 atom stereocenters. The molecule has 2 unspecified atom stereocenters. The largest absolute Gasteiger partial charge is 0.328 e. The van der Waals surface area contributed by atoms with Crippen LogP contribution in [0.3, 0.4) is 0 Å². The molecule has 116 valence electrons. The summed E-state index contributed by atoms with van der Waals surface area (Å²) in [4.78, 5) is 11.6. The molecule has 1 aliphatic rings. The van der Waals surface area contributed by atoms with Gasteiger partial charge < -0.3 is 5.73 Å². The van der Waals surface area contributed by atoms with Crippen molar-refractivity contribution in [3.63, 3.8) is 0 Å². The number of hydrogen-bond acceptors (Lipinski definition) is 4. The fourth-order valence-electron chi connectivity index (χ4n) is 2.65. The van der Waals surface area contributed by atoms with Gasteiger partial charge in [0.25, 0.3) is 0 Å². The van der Waals surface area contributed by atoms with Crippen molar-refractivity contribution < 1.29 is 13.2 Å². The molecule has 6 heteroatoms. The third-order valence-electron chi connectivity index (χ3n) is 4.04. The summed E-state index contributed by atoms with van der Waals surface area (Å²) in [6.45, 7) is 4.30. The molecule has 1 saturated heterocycles. The van der Waals surface area contributed by atoms with Crippen molar-refractivity contribution in [1.82, 2.24) is 4.31 Å². The molecule has 0 aromatic heterocycles. The van der Waals surface area contributed by atoms with E-state index in [-0.39, 0.29) is 22.6 Å². The first-order valence-corrected chi connectivity index (χ1v) is 8.63. The number of hydrogen-bond donors (Lipinski definition) is 1. The van der Waals surface area contributed by atoms with Crippen molar-refractivity contribution in [3.8, 4) is 0 Å². The van der Waals surface area contributed by atoms with Gasteiger partial charge in [-0.3, -0.25) is 4.79 Å². The van der Waals surface area contributed by atoms with E-state index in [4.69, 9.17) is 5.73 Å². The standard InChI is InChI=1S/C15H22N2O3S/c1-11(16)14-6-4-8-17(10-14)21(19,20)15-7-3-5-13(9-15)12(2)18/h3,5,7,9,11,14H,4,6,8,10,16H2,1-2H3. The SMILES string of the molecule is CC(=O)c1cccc(S(=O)(=O)N2CCCC(C(C)N)C2)c1. The molecule has 0 spiro atoms. The molecule has 0 saturated carbocycles. The second kappa shape index (κ2) is 6.25. The van der Waals surface area contributed by atoms with Gasteiger partial charge in [0.1, 0.15) is 0 Å². The maximum atomic E-state index is 12.7. The summed E-state index contributed by atoms with van der Waals surface area (Å²) in [6, 6.07) is 6.20. The van der Waals surface area contributed by atoms with Crippen LogP contribution in [0.15, 0.2) is 29.2 Å². The van der Waals surface area contributed by atoms with Gasteiger partial charge in [-0.25, -0.2) is 8.42 Å². The Hall–Kier alpha value is -1.24. The average molecular weight is 310 g/mol. The molecule has 0 aliphatic carbocycles. The maximum Gasteiger partial charge on any atom is 0.243 e. The Morgan fingerprint density at radius 1 is 1.43 bits per heavy atom. The van der Waals surface area contributed by atoms with Crippen molar-refractivity contribution in [1.29, 1.82) is 0 Å². The zero-order chi connectivity index (χ0) is 15.6. The van der Waals surface area contributed by atoms with Crippen LogP contribution in [0.5, 0.6) is 0 Å². The van der Waals surface area contributed by atoms with Gasteiger partial charge in [0.15, 0.2) is 5.78 Å². The third-order valence-corrected chi connectivity index (χ3v) is 5.90. The van der Waals surface area contributed by atoms with Crippen molar-refractivity contribution in [2.45, 2.75) is 37.6 Å². The number of nitrogens with zero attached hydrogens (tertiary/aromatic N) is 1. The van der Waals surface area contributed by atoms with Gasteiger partial charge in [0, 0.05) is 24.7 Å². The lowest BCUT2D eigenvalue weighted by Crippen LogP contribution is -2.44. The van der Waals surface area contributed by atoms with Crippen molar-refractivity contribution in [2.75, 3.05) is 13.1 Å². The number of piperidine rings is 1. The van der Waals surface area contributed by atoms with E-state index in [1.807, 2.05) is 6.92 Å². The van der Waals surface area contributed by atoms with Crippen molar-refractivity contribution in [3.05, 3.63) is 29.8 Å². The second-order valence-electron chi connectivity index (χ2n) is 5.71. The second-order valence-corrected chi connectivity index (χ2v) is 7.65. The smallest absolute Gasteiger partial charge is 0.243 e. The van der Waals surface area contributed by atoms with E-state index >= 15 is 0 Å². The number of carbonyl (C=O) groups excluding carboxylic acids is 1. The zero-order valence-electron chi connectivity index (χ0n) is 12.5. The topological polar surface area (TPSA) is 80.5 Å². The highest BCUT2D eigenvalue weighted by atomic mass is 32.2. The van der Waals surface area contributed by atoms with Crippen LogP contribution in [0, 0.1) is 5.92 Å². The van der Waals surface area contributed by atoms with E-state index < -0.39 is 10.0 Å². The molecule has 2 rings (SSSR count). The third kappa shape index (κ3) is 3.51. The van der Waals surface area contributed by atoms with E-state index in [0.29, 0.717) is 18.7 Å². The summed E-state index contributed by atoms with van der Waals surface area (Å²) in [6.07, 6.45) is 1.77. The van der Waals surface area contributed by atoms with Crippen molar-refractivity contribution >= 4 is 15.8 Å². The van der Waals surface area contributed by atoms with Crippen molar-refractivity contribution in [2.24, 2.45) is 11.7 Å². The van der Waals surface area contributed by atoms with E-state index in [1.165, 1.54) is 23.4 Å². The molecule has 1 aromatic carbocycles. The van der Waals surface area contributed by atoms with Gasteiger partial charge >= 0.3 is 0 Å². The van der Waals surface area contributed by atoms with E-state index in [2.05, 4.69) is 0 Å². The Morgan fingerprint density at radius 3 is 2.76 bits per heavy atom. The fraction of sp³-hybridized carbons (Fsp3) is 0.533. The van der Waals surface area contributed by atoms with Gasteiger partial charge in [0.2, 0.25) is 10.0 Å². The summed E-state index contributed by atoms with van der Waals surface area (Å²) >= 11 is 0. The quantitative estimate of drug-likeness (QED) is 0.857. The number of Topliss-reactive ketones (excluding diaryl/α,β-unsaturated/α-hetero) is 1. The van der Waals surface area contributed by atoms with Gasteiger partial charge in [-0.15, -0.1) is 0 Å². The van der Waals surface area contributed by atoms with Gasteiger partial charge in [-0.2, -0.15) is 4.31 Å². The molecule has 5 nitrogen and oxygen atoms in total. The predicted octanol–water partition coefficient (Wildman–Crippen LogP) is 1.64. The molecule has 0 radical (unpaired) electrons. The van der Waals surface area contributed by atoms with Crippen LogP contribution < -0.4 is 5.73 Å². The minimum Gasteiger partial charge on any atom is -0.328 e. The highest BCUT2D eigenvalue weighted by Crippen LogP contribution is 2.25. The maximum absolute atomic E-state index is 12.7. The minimum atomic E-state index is -3.56. The molecule has 0 bridgehead atoms. The number of benzene rings is 1. The van der Waals surface area contributed by atoms with Gasteiger partial charge in [-0.1, -0.05) is 12.1 Å². The number of rotatable bonds is 4. The Bertz CT molecular complexity index is 626. The summed E-state index contributed by atoms with van der Waals surface area (Å²) in [5.74, 6) is 0.0451. The average Bonchev–Trinajstić information content (AvgIpc) is 2.47. The number of nitrogens with two attached hydrogens (primary N) is 1. The number of ketones is 1. The number of carbonyl (C=O) groups is 1. The molecule has 2 N–H and O–H groups in total. The molecule has 0 amide bonds. The van der Waals surface area contributed by atoms with Gasteiger partial charge in [-0.05, 0) is 44.7 Å². The number of sulfonamides is 1. The lowest BCUT2D eigenvalue weighted by atomic mass is 9.93. The highest BCUT2D eigenvalue weighted by Gasteiger charge is 2.31. The van der Waals surface area contributed by atoms with Crippen LogP contribution in [0.25, 0.3) is 0 Å². The monoisotopic (exact) mass is 310 g/mol. The van der Waals surface area contributed by atoms with E-state index in [9.17, 15) is 13.2 Å². The molecule has 1 heterocycles. The molecule has 21 heavy (non-hydrogen) atoms. The predicted molar refractivity (Wildman–Crippen MR) is 81.6 cm³/mol. The minimum absolute atomic E-state index is 0.0217. The first-order valence-electron chi connectivity index (χ1n) is 7.19. The van der Waals surface area contributed by atoms with Crippen LogP contribution in [-0.4, -0.2) is 37.6 Å². The summed E-state index contributed by atoms with van der Waals surface area (Å²) < 4.78 is 26.9. The lowest BCUT2D eigenvalue weighted by molar-refractivity contribution is 0.101. The summed E-state index contributed by atoms with van der Waals surface area (Å²) in [5.41, 5.74) is 6.32. The normalized spacial score (nSPS) is 22.0. The van der Waals surface area contributed by atoms with Crippen LogP contribution in [0.1, 0.15) is 37.0 Å². The Labute approximate surface area is 126 Å². The summed E-state index contributed by atoms with van der Waals surface area (Å²) in [5, 5.41) is 0. The van der Waals surface area contributed by atoms with Gasteiger partial charge in [0.05, 0.1) is 4.90 Å². The zero-order valence-corrected chi connectivity index (χ0v) is 13.3. The Morgan fingerprint density at radius 2 is 2.14 bits per heavy atom.